The van der Waals surface area contributed by atoms with E-state index in [-0.39, 0.29) is 11.1 Å². The number of para-hydroxylation sites is 2. The van der Waals surface area contributed by atoms with Gasteiger partial charge >= 0.3 is 0 Å². The van der Waals surface area contributed by atoms with Crippen LogP contribution in [0.2, 0.25) is 0 Å². The highest BCUT2D eigenvalue weighted by molar-refractivity contribution is 5.95. The number of benzene rings is 2. The van der Waals surface area contributed by atoms with E-state index in [9.17, 15) is 9.59 Å². The van der Waals surface area contributed by atoms with Gasteiger partial charge in [-0.15, -0.1) is 0 Å². The van der Waals surface area contributed by atoms with Gasteiger partial charge in [-0.1, -0.05) is 44.2 Å². The van der Waals surface area contributed by atoms with Crippen molar-refractivity contribution in [2.24, 2.45) is 5.92 Å². The fourth-order valence-corrected chi connectivity index (χ4v) is 2.47. The lowest BCUT2D eigenvalue weighted by atomic mass is 10.1. The van der Waals surface area contributed by atoms with Crippen molar-refractivity contribution in [2.45, 2.75) is 13.8 Å². The van der Waals surface area contributed by atoms with Crippen LogP contribution in [0.15, 0.2) is 59.4 Å². The van der Waals surface area contributed by atoms with Gasteiger partial charge in [-0.2, -0.15) is 5.10 Å². The first kappa shape index (κ1) is 15.9. The van der Waals surface area contributed by atoms with Crippen LogP contribution in [0.5, 0.6) is 0 Å². The average Bonchev–Trinajstić information content (AvgIpc) is 2.61. The summed E-state index contributed by atoms with van der Waals surface area (Å²) in [6, 6.07) is 16.6. The van der Waals surface area contributed by atoms with E-state index in [1.165, 1.54) is 0 Å². The zero-order chi connectivity index (χ0) is 17.1. The van der Waals surface area contributed by atoms with E-state index in [0.717, 1.165) is 5.69 Å². The molecule has 1 aromatic heterocycles. The predicted molar refractivity (Wildman–Crippen MR) is 94.5 cm³/mol. The summed E-state index contributed by atoms with van der Waals surface area (Å²) in [6.07, 6.45) is 0. The molecule has 0 aliphatic rings. The van der Waals surface area contributed by atoms with Gasteiger partial charge in [0.05, 0.1) is 16.6 Å². The molecule has 1 heterocycles. The van der Waals surface area contributed by atoms with Crippen molar-refractivity contribution >= 4 is 16.8 Å². The van der Waals surface area contributed by atoms with Crippen LogP contribution in [0.4, 0.5) is 0 Å². The Labute approximate surface area is 139 Å². The number of nitrogens with zero attached hydrogens (tertiary/aromatic N) is 2. The molecule has 0 aliphatic carbocycles. The predicted octanol–water partition coefficient (Wildman–Crippen LogP) is 2.77. The molecule has 5 nitrogen and oxygen atoms in total. The monoisotopic (exact) mass is 321 g/mol. The zero-order valence-electron chi connectivity index (χ0n) is 13.7. The highest BCUT2D eigenvalue weighted by Gasteiger charge is 2.17. The van der Waals surface area contributed by atoms with Crippen LogP contribution in [-0.2, 0) is 0 Å². The van der Waals surface area contributed by atoms with Gasteiger partial charge in [0, 0.05) is 6.54 Å². The Kier molecular flexibility index (Phi) is 4.42. The minimum absolute atomic E-state index is 0.0850. The Morgan fingerprint density at radius 3 is 2.46 bits per heavy atom. The number of nitrogens with one attached hydrogen (secondary N) is 1. The number of rotatable bonds is 4. The third-order valence-electron chi connectivity index (χ3n) is 3.68. The summed E-state index contributed by atoms with van der Waals surface area (Å²) in [6.45, 7) is 4.49. The Hall–Kier alpha value is -2.95. The molecule has 0 saturated carbocycles. The molecule has 5 heteroatoms. The van der Waals surface area contributed by atoms with E-state index in [4.69, 9.17) is 0 Å². The van der Waals surface area contributed by atoms with Gasteiger partial charge in [0.2, 0.25) is 5.43 Å². The van der Waals surface area contributed by atoms with Gasteiger partial charge in [0.15, 0.2) is 5.69 Å². The normalized spacial score (nSPS) is 11.0. The molecule has 0 bridgehead atoms. The highest BCUT2D eigenvalue weighted by atomic mass is 16.2. The molecule has 0 radical (unpaired) electrons. The molecule has 0 aliphatic heterocycles. The Morgan fingerprint density at radius 2 is 1.75 bits per heavy atom. The molecule has 1 amide bonds. The number of hydrogen-bond donors (Lipinski definition) is 1. The van der Waals surface area contributed by atoms with Gasteiger partial charge in [0.25, 0.3) is 5.91 Å². The second-order valence-corrected chi connectivity index (χ2v) is 6.05. The smallest absolute Gasteiger partial charge is 0.275 e. The molecule has 0 saturated heterocycles. The quantitative estimate of drug-likeness (QED) is 0.803. The lowest BCUT2D eigenvalue weighted by molar-refractivity contribution is 0.0941. The van der Waals surface area contributed by atoms with Crippen LogP contribution in [0.25, 0.3) is 16.6 Å². The largest absolute Gasteiger partial charge is 0.350 e. The fraction of sp³-hybridized carbons (Fsp3) is 0.211. The van der Waals surface area contributed by atoms with E-state index in [1.807, 2.05) is 56.3 Å². The Morgan fingerprint density at radius 1 is 1.08 bits per heavy atom. The minimum atomic E-state index is -0.441. The number of hydrogen-bond acceptors (Lipinski definition) is 3. The second kappa shape index (κ2) is 6.66. The maximum Gasteiger partial charge on any atom is 0.275 e. The highest BCUT2D eigenvalue weighted by Crippen LogP contribution is 2.15. The van der Waals surface area contributed by atoms with Gasteiger partial charge in [-0.3, -0.25) is 9.59 Å². The van der Waals surface area contributed by atoms with Crippen molar-refractivity contribution < 1.29 is 4.79 Å². The maximum atomic E-state index is 12.7. The van der Waals surface area contributed by atoms with Crippen LogP contribution in [0, 0.1) is 5.92 Å². The van der Waals surface area contributed by atoms with Crippen LogP contribution < -0.4 is 10.7 Å². The lowest BCUT2D eigenvalue weighted by Gasteiger charge is -2.12. The summed E-state index contributed by atoms with van der Waals surface area (Å²) < 4.78 is 1.64. The SMILES string of the molecule is CC(C)CNC(=O)c1nn(-c2ccccc2)c2ccccc2c1=O. The van der Waals surface area contributed by atoms with E-state index < -0.39 is 5.91 Å². The molecule has 2 aromatic carbocycles. The molecular weight excluding hydrogens is 302 g/mol. The van der Waals surface area contributed by atoms with Crippen LogP contribution in [0.3, 0.4) is 0 Å². The Balaban J connectivity index is 2.19. The number of fused-ring (bicyclic) bond motifs is 1. The molecular formula is C19H19N3O2. The summed E-state index contributed by atoms with van der Waals surface area (Å²) in [7, 11) is 0. The van der Waals surface area contributed by atoms with E-state index in [2.05, 4.69) is 10.4 Å². The van der Waals surface area contributed by atoms with Gasteiger partial charge in [0.1, 0.15) is 0 Å². The molecule has 0 fully saturated rings. The molecule has 0 spiro atoms. The molecule has 1 N–H and O–H groups in total. The lowest BCUT2D eigenvalue weighted by Crippen LogP contribution is -2.33. The van der Waals surface area contributed by atoms with Crippen molar-refractivity contribution in [3.63, 3.8) is 0 Å². The van der Waals surface area contributed by atoms with E-state index in [1.54, 1.807) is 16.8 Å². The Bertz CT molecular complexity index is 930. The molecule has 3 aromatic rings. The topological polar surface area (TPSA) is 64.0 Å². The van der Waals surface area contributed by atoms with Crippen molar-refractivity contribution in [3.8, 4) is 5.69 Å². The molecule has 3 rings (SSSR count). The molecule has 0 atom stereocenters. The van der Waals surface area contributed by atoms with Crippen molar-refractivity contribution in [1.29, 1.82) is 0 Å². The van der Waals surface area contributed by atoms with E-state index in [0.29, 0.717) is 23.4 Å². The first-order valence-electron chi connectivity index (χ1n) is 7.93. The fourth-order valence-electron chi connectivity index (χ4n) is 2.47. The summed E-state index contributed by atoms with van der Waals surface area (Å²) in [5, 5.41) is 7.59. The van der Waals surface area contributed by atoms with Crippen LogP contribution in [-0.4, -0.2) is 22.2 Å². The number of carbonyl (C=O) groups is 1. The number of carbonyl (C=O) groups excluding carboxylic acids is 1. The number of aromatic nitrogens is 2. The average molecular weight is 321 g/mol. The van der Waals surface area contributed by atoms with E-state index >= 15 is 0 Å². The first-order chi connectivity index (χ1) is 11.6. The van der Waals surface area contributed by atoms with Crippen molar-refractivity contribution in [2.75, 3.05) is 6.54 Å². The number of amides is 1. The maximum absolute atomic E-state index is 12.7. The van der Waals surface area contributed by atoms with Gasteiger partial charge in [-0.25, -0.2) is 4.68 Å². The van der Waals surface area contributed by atoms with Crippen LogP contribution >= 0.6 is 0 Å². The summed E-state index contributed by atoms with van der Waals surface area (Å²) in [4.78, 5) is 25.1. The van der Waals surface area contributed by atoms with Gasteiger partial charge in [-0.05, 0) is 30.2 Å². The molecule has 24 heavy (non-hydrogen) atoms. The minimum Gasteiger partial charge on any atom is -0.350 e. The zero-order valence-corrected chi connectivity index (χ0v) is 13.7. The molecule has 122 valence electrons. The van der Waals surface area contributed by atoms with Crippen molar-refractivity contribution in [3.05, 3.63) is 70.5 Å². The second-order valence-electron chi connectivity index (χ2n) is 6.05. The first-order valence-corrected chi connectivity index (χ1v) is 7.93. The summed E-state index contributed by atoms with van der Waals surface area (Å²) in [5.41, 5.74) is 1.04. The van der Waals surface area contributed by atoms with Gasteiger partial charge < -0.3 is 5.32 Å². The third kappa shape index (κ3) is 3.06. The standard InChI is InChI=1S/C19H19N3O2/c1-13(2)12-20-19(24)17-18(23)15-10-6-7-11-16(15)22(21-17)14-8-4-3-5-9-14/h3-11,13H,12H2,1-2H3,(H,20,24). The summed E-state index contributed by atoms with van der Waals surface area (Å²) in [5.74, 6) is -0.144. The summed E-state index contributed by atoms with van der Waals surface area (Å²) >= 11 is 0. The third-order valence-corrected chi connectivity index (χ3v) is 3.68. The molecule has 0 unspecified atom stereocenters. The van der Waals surface area contributed by atoms with Crippen molar-refractivity contribution in [1.82, 2.24) is 15.1 Å². The van der Waals surface area contributed by atoms with Crippen LogP contribution in [0.1, 0.15) is 24.3 Å².